The van der Waals surface area contributed by atoms with Crippen LogP contribution in [0.5, 0.6) is 0 Å². The van der Waals surface area contributed by atoms with E-state index in [9.17, 15) is 0 Å². The van der Waals surface area contributed by atoms with Crippen LogP contribution in [0.15, 0.2) is 29.8 Å². The molecule has 1 saturated heterocycles. The molecule has 1 aliphatic heterocycles. The van der Waals surface area contributed by atoms with Gasteiger partial charge in [0.15, 0.2) is 5.13 Å². The number of methoxy groups -OCH3 is 1. The molecule has 2 aromatic rings. The van der Waals surface area contributed by atoms with Crippen molar-refractivity contribution in [1.82, 2.24) is 9.88 Å². The largest absolute Gasteiger partial charge is 0.382 e. The van der Waals surface area contributed by atoms with Gasteiger partial charge in [0.1, 0.15) is 0 Å². The van der Waals surface area contributed by atoms with Crippen molar-refractivity contribution in [1.29, 1.82) is 0 Å². The number of rotatable bonds is 8. The highest BCUT2D eigenvalue weighted by molar-refractivity contribution is 7.13. The fraction of sp³-hybridized carbons (Fsp3) is 0.625. The van der Waals surface area contributed by atoms with Crippen molar-refractivity contribution >= 4 is 22.2 Å². The van der Waals surface area contributed by atoms with Gasteiger partial charge in [0.2, 0.25) is 0 Å². The van der Waals surface area contributed by atoms with Crippen molar-refractivity contribution in [2.75, 3.05) is 45.3 Å². The Hall–Kier alpha value is -1.47. The molecule has 1 aromatic carbocycles. The molecule has 1 saturated carbocycles. The van der Waals surface area contributed by atoms with E-state index in [-0.39, 0.29) is 0 Å². The molecule has 1 aromatic heterocycles. The zero-order chi connectivity index (χ0) is 20.4. The number of likely N-dealkylation sites (tertiary alicyclic amines) is 1. The van der Waals surface area contributed by atoms with E-state index in [0.717, 1.165) is 24.2 Å². The second kappa shape index (κ2) is 8.95. The van der Waals surface area contributed by atoms with Gasteiger partial charge >= 0.3 is 0 Å². The zero-order valence-electron chi connectivity index (χ0n) is 17.9. The first-order chi connectivity index (χ1) is 14.8. The number of fused-ring (bicyclic) bond motifs is 1. The van der Waals surface area contributed by atoms with Crippen LogP contribution in [0.1, 0.15) is 43.2 Å². The van der Waals surface area contributed by atoms with Gasteiger partial charge in [-0.25, -0.2) is 4.98 Å². The van der Waals surface area contributed by atoms with Gasteiger partial charge in [-0.05, 0) is 61.4 Å². The predicted octanol–water partition coefficient (Wildman–Crippen LogP) is 4.61. The third-order valence-corrected chi connectivity index (χ3v) is 8.28. The third kappa shape index (κ3) is 3.79. The first kappa shape index (κ1) is 20.4. The first-order valence-corrected chi connectivity index (χ1v) is 12.3. The van der Waals surface area contributed by atoms with E-state index in [1.54, 1.807) is 29.6 Å². The van der Waals surface area contributed by atoms with E-state index in [4.69, 9.17) is 9.47 Å². The molecule has 5 nitrogen and oxygen atoms in total. The van der Waals surface area contributed by atoms with Crippen LogP contribution in [0.25, 0.3) is 0 Å². The molecule has 162 valence electrons. The number of hydrogen-bond acceptors (Lipinski definition) is 6. The molecule has 2 aliphatic carbocycles. The normalized spacial score (nSPS) is 28.0. The highest BCUT2D eigenvalue weighted by Gasteiger charge is 2.53. The maximum Gasteiger partial charge on any atom is 0.187 e. The van der Waals surface area contributed by atoms with Crippen LogP contribution < -0.4 is 5.32 Å². The molecule has 0 spiro atoms. The van der Waals surface area contributed by atoms with Gasteiger partial charge in [-0.1, -0.05) is 18.9 Å². The van der Waals surface area contributed by atoms with Gasteiger partial charge < -0.3 is 14.8 Å². The molecule has 3 aliphatic rings. The highest BCUT2D eigenvalue weighted by atomic mass is 32.1. The van der Waals surface area contributed by atoms with Gasteiger partial charge in [0, 0.05) is 42.4 Å². The Labute approximate surface area is 183 Å². The molecule has 0 radical (unpaired) electrons. The third-order valence-electron chi connectivity index (χ3n) is 7.59. The van der Waals surface area contributed by atoms with E-state index in [2.05, 4.69) is 33.4 Å². The summed E-state index contributed by atoms with van der Waals surface area (Å²) in [6, 6.07) is 7.74. The molecule has 6 heteroatoms. The Morgan fingerprint density at radius 3 is 3.07 bits per heavy atom. The van der Waals surface area contributed by atoms with Crippen LogP contribution in [0.2, 0.25) is 0 Å². The maximum atomic E-state index is 5.80. The van der Waals surface area contributed by atoms with E-state index < -0.39 is 0 Å². The molecular weight excluding hydrogens is 394 g/mol. The van der Waals surface area contributed by atoms with Crippen LogP contribution in [0.4, 0.5) is 10.8 Å². The summed E-state index contributed by atoms with van der Waals surface area (Å²) in [5.74, 6) is 0.779. The number of anilines is 2. The van der Waals surface area contributed by atoms with Crippen molar-refractivity contribution < 1.29 is 9.47 Å². The van der Waals surface area contributed by atoms with Crippen molar-refractivity contribution in [2.45, 2.75) is 50.0 Å². The molecule has 2 bridgehead atoms. The van der Waals surface area contributed by atoms with Crippen LogP contribution in [0.3, 0.4) is 0 Å². The van der Waals surface area contributed by atoms with Gasteiger partial charge in [-0.15, -0.1) is 11.3 Å². The Balaban J connectivity index is 1.38. The minimum absolute atomic E-state index is 0.366. The SMILES string of the molecule is COCCOCCN1CC[C@]23CCCC[C@H]2[C@H]1Cc1ccc(Nc2nccs2)cc13. The quantitative estimate of drug-likeness (QED) is 0.624. The lowest BCUT2D eigenvalue weighted by atomic mass is 9.52. The first-order valence-electron chi connectivity index (χ1n) is 11.4. The van der Waals surface area contributed by atoms with Crippen molar-refractivity contribution in [3.8, 4) is 0 Å². The Kier molecular flexibility index (Phi) is 6.10. The van der Waals surface area contributed by atoms with Crippen molar-refractivity contribution in [3.63, 3.8) is 0 Å². The molecule has 30 heavy (non-hydrogen) atoms. The summed E-state index contributed by atoms with van der Waals surface area (Å²) < 4.78 is 10.9. The lowest BCUT2D eigenvalue weighted by molar-refractivity contribution is -0.0273. The Morgan fingerprint density at radius 2 is 2.20 bits per heavy atom. The lowest BCUT2D eigenvalue weighted by Crippen LogP contribution is -2.61. The van der Waals surface area contributed by atoms with Crippen molar-refractivity contribution in [2.24, 2.45) is 5.92 Å². The summed E-state index contributed by atoms with van der Waals surface area (Å²) >= 11 is 1.66. The van der Waals surface area contributed by atoms with Crippen LogP contribution >= 0.6 is 11.3 Å². The summed E-state index contributed by atoms with van der Waals surface area (Å²) in [7, 11) is 1.73. The zero-order valence-corrected chi connectivity index (χ0v) is 18.8. The molecule has 2 fully saturated rings. The minimum atomic E-state index is 0.366. The van der Waals surface area contributed by atoms with Gasteiger partial charge in [0.05, 0.1) is 19.8 Å². The van der Waals surface area contributed by atoms with Gasteiger partial charge in [-0.3, -0.25) is 4.90 Å². The van der Waals surface area contributed by atoms with Crippen LogP contribution in [-0.2, 0) is 21.3 Å². The minimum Gasteiger partial charge on any atom is -0.382 e. The number of benzene rings is 1. The van der Waals surface area contributed by atoms with Gasteiger partial charge in [0.25, 0.3) is 0 Å². The summed E-state index contributed by atoms with van der Waals surface area (Å²) in [6.07, 6.45) is 9.79. The predicted molar refractivity (Wildman–Crippen MR) is 122 cm³/mol. The van der Waals surface area contributed by atoms with E-state index in [1.807, 2.05) is 11.6 Å². The van der Waals surface area contributed by atoms with E-state index in [0.29, 0.717) is 24.7 Å². The second-order valence-corrected chi connectivity index (χ2v) is 9.90. The van der Waals surface area contributed by atoms with Gasteiger partial charge in [-0.2, -0.15) is 0 Å². The van der Waals surface area contributed by atoms with Crippen LogP contribution in [0, 0.1) is 5.92 Å². The van der Waals surface area contributed by atoms with E-state index in [1.165, 1.54) is 50.8 Å². The number of nitrogens with zero attached hydrogens (tertiary/aromatic N) is 2. The van der Waals surface area contributed by atoms with E-state index >= 15 is 0 Å². The molecule has 5 rings (SSSR count). The number of hydrogen-bond donors (Lipinski definition) is 1. The Bertz CT molecular complexity index is 843. The average Bonchev–Trinajstić information content (AvgIpc) is 3.28. The summed E-state index contributed by atoms with van der Waals surface area (Å²) in [4.78, 5) is 7.13. The fourth-order valence-electron chi connectivity index (χ4n) is 6.27. The maximum absolute atomic E-state index is 5.80. The fourth-order valence-corrected chi connectivity index (χ4v) is 6.82. The summed E-state index contributed by atoms with van der Waals surface area (Å²) in [6.45, 7) is 4.42. The number of thiazole rings is 1. The monoisotopic (exact) mass is 427 g/mol. The highest BCUT2D eigenvalue weighted by Crippen LogP contribution is 2.56. The van der Waals surface area contributed by atoms with Crippen molar-refractivity contribution in [3.05, 3.63) is 40.9 Å². The summed E-state index contributed by atoms with van der Waals surface area (Å²) in [5.41, 5.74) is 4.74. The summed E-state index contributed by atoms with van der Waals surface area (Å²) in [5, 5.41) is 6.52. The number of ether oxygens (including phenoxy) is 2. The lowest BCUT2D eigenvalue weighted by Gasteiger charge is -2.59. The molecule has 3 atom stereocenters. The topological polar surface area (TPSA) is 46.6 Å². The average molecular weight is 428 g/mol. The number of piperidine rings is 1. The molecule has 0 amide bonds. The standard InChI is InChI=1S/C24H33N3O2S/c1-28-13-14-29-12-11-27-10-8-24-7-3-2-4-20(24)22(27)16-18-5-6-19(17-21(18)24)26-23-25-9-15-30-23/h5-6,9,15,17,20,22H,2-4,7-8,10-14,16H2,1H3,(H,25,26)/t20-,22+,24+/m0/s1. The number of aromatic nitrogens is 1. The molecule has 2 heterocycles. The number of nitrogens with one attached hydrogen (secondary N) is 1. The Morgan fingerprint density at radius 1 is 1.23 bits per heavy atom. The molecule has 0 unspecified atom stereocenters. The molecule has 1 N–H and O–H groups in total. The van der Waals surface area contributed by atoms with Crippen LogP contribution in [-0.4, -0.2) is 55.9 Å². The second-order valence-electron chi connectivity index (χ2n) is 9.01. The smallest absolute Gasteiger partial charge is 0.187 e. The molecular formula is C24H33N3O2S.